The normalized spacial score (nSPS) is 19.1. The third-order valence-corrected chi connectivity index (χ3v) is 8.21. The minimum Gasteiger partial charge on any atom is -0.471 e. The molecule has 0 radical (unpaired) electrons. The fourth-order valence-corrected chi connectivity index (χ4v) is 5.89. The van der Waals surface area contributed by atoms with Crippen LogP contribution < -0.4 is 15.4 Å². The van der Waals surface area contributed by atoms with Crippen LogP contribution in [0.5, 0.6) is 5.88 Å². The summed E-state index contributed by atoms with van der Waals surface area (Å²) in [4.78, 5) is 63.2. The molecule has 14 heteroatoms. The van der Waals surface area contributed by atoms with Crippen LogP contribution in [0.4, 0.5) is 4.79 Å². The molecule has 3 aromatic heterocycles. The SMILES string of the molecule is CCC[C@H](NC(=O)C1CC(Oc2nc(-c3cc(C)nn3C)nc3ccsc23)CN1C(=O)OC(C)(C)C)C(=O)C(=O)NC1CC1. The predicted molar refractivity (Wildman–Crippen MR) is 163 cm³/mol. The standard InChI is InChI=1S/C30H39N7O6S/c1-7-8-19(23(38)27(40)31-17-9-10-17)33-26(39)22-14-18(15-37(22)29(41)43-30(3,4)5)42-28-24-20(11-12-44-24)32-25(34-28)21-13-16(2)35-36(21)6/h11-13,17-19,22H,7-10,14-15H2,1-6H3,(H,31,40)(H,33,39)/t18?,19-,22?/m0/s1. The number of aromatic nitrogens is 4. The predicted octanol–water partition coefficient (Wildman–Crippen LogP) is 3.29. The number of amides is 3. The van der Waals surface area contributed by atoms with Gasteiger partial charge in [0.25, 0.3) is 5.91 Å². The number of hydrogen-bond acceptors (Lipinski definition) is 10. The zero-order chi connectivity index (χ0) is 31.8. The largest absolute Gasteiger partial charge is 0.471 e. The molecule has 44 heavy (non-hydrogen) atoms. The van der Waals surface area contributed by atoms with E-state index in [2.05, 4.69) is 20.7 Å². The van der Waals surface area contributed by atoms with Gasteiger partial charge in [-0.3, -0.25) is 24.0 Å². The Balaban J connectivity index is 1.39. The summed E-state index contributed by atoms with van der Waals surface area (Å²) in [5, 5.41) is 11.7. The maximum absolute atomic E-state index is 13.7. The van der Waals surface area contributed by atoms with E-state index in [0.29, 0.717) is 23.6 Å². The Morgan fingerprint density at radius 3 is 2.57 bits per heavy atom. The summed E-state index contributed by atoms with van der Waals surface area (Å²) in [5.41, 5.74) is 1.44. The highest BCUT2D eigenvalue weighted by Crippen LogP contribution is 2.33. The molecule has 2 aliphatic rings. The van der Waals surface area contributed by atoms with Crippen LogP contribution in [-0.4, -0.2) is 84.7 Å². The quantitative estimate of drug-likeness (QED) is 0.323. The van der Waals surface area contributed by atoms with Crippen molar-refractivity contribution in [2.45, 2.75) is 96.6 Å². The third kappa shape index (κ3) is 7.17. The highest BCUT2D eigenvalue weighted by atomic mass is 32.1. The molecule has 4 heterocycles. The monoisotopic (exact) mass is 625 g/mol. The first-order valence-electron chi connectivity index (χ1n) is 14.9. The van der Waals surface area contributed by atoms with Gasteiger partial charge in [0.1, 0.15) is 28.1 Å². The van der Waals surface area contributed by atoms with Gasteiger partial charge in [-0.05, 0) is 64.5 Å². The summed E-state index contributed by atoms with van der Waals surface area (Å²) in [6.45, 7) is 9.04. The van der Waals surface area contributed by atoms with Crippen molar-refractivity contribution in [1.82, 2.24) is 35.3 Å². The molecule has 3 aromatic rings. The van der Waals surface area contributed by atoms with Crippen molar-refractivity contribution in [2.75, 3.05) is 6.54 Å². The molecule has 1 saturated carbocycles. The summed E-state index contributed by atoms with van der Waals surface area (Å²) in [5.74, 6) is -1.17. The zero-order valence-corrected chi connectivity index (χ0v) is 26.7. The number of hydrogen-bond donors (Lipinski definition) is 2. The van der Waals surface area contributed by atoms with Crippen molar-refractivity contribution in [3.63, 3.8) is 0 Å². The van der Waals surface area contributed by atoms with Crippen molar-refractivity contribution in [2.24, 2.45) is 7.05 Å². The summed E-state index contributed by atoms with van der Waals surface area (Å²) < 4.78 is 14.5. The number of Topliss-reactive ketones (excluding diaryl/α,β-unsaturated/α-hetero) is 1. The van der Waals surface area contributed by atoms with Crippen LogP contribution in [0.2, 0.25) is 0 Å². The third-order valence-electron chi connectivity index (χ3n) is 7.32. The van der Waals surface area contributed by atoms with Gasteiger partial charge in [-0.25, -0.2) is 9.78 Å². The minimum absolute atomic E-state index is 0.0128. The molecule has 2 N–H and O–H groups in total. The Morgan fingerprint density at radius 2 is 1.93 bits per heavy atom. The van der Waals surface area contributed by atoms with Gasteiger partial charge in [0.15, 0.2) is 5.82 Å². The lowest BCUT2D eigenvalue weighted by Gasteiger charge is -2.28. The van der Waals surface area contributed by atoms with Gasteiger partial charge in [-0.2, -0.15) is 10.1 Å². The van der Waals surface area contributed by atoms with E-state index in [-0.39, 0.29) is 25.4 Å². The molecule has 3 atom stereocenters. The van der Waals surface area contributed by atoms with Crippen molar-refractivity contribution in [1.29, 1.82) is 0 Å². The number of ether oxygens (including phenoxy) is 2. The molecule has 2 fully saturated rings. The van der Waals surface area contributed by atoms with E-state index in [1.54, 1.807) is 25.5 Å². The zero-order valence-electron chi connectivity index (χ0n) is 25.9. The Labute approximate surface area is 259 Å². The smallest absolute Gasteiger partial charge is 0.411 e. The first-order valence-corrected chi connectivity index (χ1v) is 15.8. The molecule has 2 unspecified atom stereocenters. The van der Waals surface area contributed by atoms with Crippen molar-refractivity contribution < 1.29 is 28.7 Å². The Morgan fingerprint density at radius 1 is 1.18 bits per heavy atom. The van der Waals surface area contributed by atoms with Gasteiger partial charge in [-0.15, -0.1) is 11.3 Å². The number of ketones is 1. The van der Waals surface area contributed by atoms with Crippen LogP contribution in [0, 0.1) is 6.92 Å². The average molecular weight is 626 g/mol. The van der Waals surface area contributed by atoms with E-state index in [4.69, 9.17) is 14.5 Å². The number of aryl methyl sites for hydroxylation is 2. The number of fused-ring (bicyclic) bond motifs is 1. The lowest BCUT2D eigenvalue weighted by Crippen LogP contribution is -2.53. The van der Waals surface area contributed by atoms with Gasteiger partial charge in [0.2, 0.25) is 17.6 Å². The molecule has 0 bridgehead atoms. The van der Waals surface area contributed by atoms with Gasteiger partial charge in [0.05, 0.1) is 23.8 Å². The number of nitrogens with one attached hydrogen (secondary N) is 2. The highest BCUT2D eigenvalue weighted by molar-refractivity contribution is 7.17. The Hall–Kier alpha value is -4.07. The number of carbonyl (C=O) groups excluding carboxylic acids is 4. The van der Waals surface area contributed by atoms with Crippen LogP contribution in [0.15, 0.2) is 17.5 Å². The topological polar surface area (TPSA) is 158 Å². The van der Waals surface area contributed by atoms with Crippen LogP contribution in [0.3, 0.4) is 0 Å². The summed E-state index contributed by atoms with van der Waals surface area (Å²) in [6.07, 6.45) is 1.37. The molecule has 0 aromatic carbocycles. The van der Waals surface area contributed by atoms with Crippen molar-refractivity contribution in [3.8, 4) is 17.4 Å². The minimum atomic E-state index is -1.01. The lowest BCUT2D eigenvalue weighted by atomic mass is 10.1. The van der Waals surface area contributed by atoms with Crippen LogP contribution in [0.1, 0.15) is 65.5 Å². The molecule has 3 amide bonds. The number of likely N-dealkylation sites (tertiary alicyclic amines) is 1. The molecule has 0 spiro atoms. The van der Waals surface area contributed by atoms with Crippen molar-refractivity contribution in [3.05, 3.63) is 23.2 Å². The highest BCUT2D eigenvalue weighted by Gasteiger charge is 2.44. The molecular formula is C30H39N7O6S. The average Bonchev–Trinajstić information content (AvgIpc) is 3.30. The number of thiophene rings is 1. The molecular weight excluding hydrogens is 586 g/mol. The molecule has 1 saturated heterocycles. The second-order valence-electron chi connectivity index (χ2n) is 12.4. The van der Waals surface area contributed by atoms with Gasteiger partial charge in [0, 0.05) is 19.5 Å². The molecule has 1 aliphatic carbocycles. The van der Waals surface area contributed by atoms with E-state index in [1.807, 2.05) is 38.4 Å². The van der Waals surface area contributed by atoms with E-state index in [0.717, 1.165) is 28.9 Å². The van der Waals surface area contributed by atoms with Gasteiger partial charge < -0.3 is 20.1 Å². The number of rotatable bonds is 10. The molecule has 236 valence electrons. The van der Waals surface area contributed by atoms with E-state index in [1.165, 1.54) is 16.2 Å². The Bertz CT molecular complexity index is 1570. The number of carbonyl (C=O) groups is 4. The molecule has 1 aliphatic heterocycles. The van der Waals surface area contributed by atoms with E-state index < -0.39 is 47.5 Å². The fourth-order valence-electron chi connectivity index (χ4n) is 5.13. The molecule has 5 rings (SSSR count). The second kappa shape index (κ2) is 12.5. The second-order valence-corrected chi connectivity index (χ2v) is 13.3. The van der Waals surface area contributed by atoms with Gasteiger partial charge in [-0.1, -0.05) is 13.3 Å². The first-order chi connectivity index (χ1) is 20.8. The summed E-state index contributed by atoms with van der Waals surface area (Å²) in [7, 11) is 1.81. The number of nitrogens with zero attached hydrogens (tertiary/aromatic N) is 5. The van der Waals surface area contributed by atoms with Crippen LogP contribution >= 0.6 is 11.3 Å². The maximum Gasteiger partial charge on any atom is 0.411 e. The van der Waals surface area contributed by atoms with Crippen molar-refractivity contribution >= 4 is 45.2 Å². The molecule has 13 nitrogen and oxygen atoms in total. The summed E-state index contributed by atoms with van der Waals surface area (Å²) >= 11 is 1.43. The lowest BCUT2D eigenvalue weighted by molar-refractivity contribution is -0.140. The maximum atomic E-state index is 13.7. The van der Waals surface area contributed by atoms with Crippen LogP contribution in [-0.2, 0) is 26.2 Å². The summed E-state index contributed by atoms with van der Waals surface area (Å²) in [6, 6.07) is 1.77. The van der Waals surface area contributed by atoms with Crippen LogP contribution in [0.25, 0.3) is 21.7 Å². The Kier molecular flexibility index (Phi) is 8.91. The van der Waals surface area contributed by atoms with E-state index in [9.17, 15) is 19.2 Å². The fraction of sp³-hybridized carbons (Fsp3) is 0.567. The van der Waals surface area contributed by atoms with Gasteiger partial charge >= 0.3 is 6.09 Å². The van der Waals surface area contributed by atoms with E-state index >= 15 is 0 Å². The first kappa shape index (κ1) is 31.4.